The number of hydrogen-bond donors (Lipinski definition) is 3. The minimum atomic E-state index is -1.26. The number of carboxylic acid groups (broad SMARTS) is 1. The summed E-state index contributed by atoms with van der Waals surface area (Å²) >= 11 is 0. The Labute approximate surface area is 105 Å². The van der Waals surface area contributed by atoms with E-state index in [0.29, 0.717) is 12.2 Å². The van der Waals surface area contributed by atoms with Crippen molar-refractivity contribution in [2.24, 2.45) is 0 Å². The van der Waals surface area contributed by atoms with E-state index in [4.69, 9.17) is 9.52 Å². The molecule has 0 aliphatic carbocycles. The number of rotatable bonds is 5. The van der Waals surface area contributed by atoms with Crippen molar-refractivity contribution in [2.75, 3.05) is 0 Å². The zero-order valence-corrected chi connectivity index (χ0v) is 10.7. The van der Waals surface area contributed by atoms with Gasteiger partial charge in [0.05, 0.1) is 6.54 Å². The summed E-state index contributed by atoms with van der Waals surface area (Å²) in [4.78, 5) is 22.6. The molecule has 0 radical (unpaired) electrons. The molecule has 0 saturated carbocycles. The Hall–Kier alpha value is -1.98. The van der Waals surface area contributed by atoms with Gasteiger partial charge in [-0.25, -0.2) is 9.59 Å². The fourth-order valence-corrected chi connectivity index (χ4v) is 1.34. The first-order valence-electron chi connectivity index (χ1n) is 5.72. The third kappa shape index (κ3) is 3.51. The highest BCUT2D eigenvalue weighted by atomic mass is 16.4. The molecule has 1 heterocycles. The van der Waals surface area contributed by atoms with Crippen molar-refractivity contribution in [3.05, 3.63) is 23.7 Å². The lowest BCUT2D eigenvalue weighted by molar-refractivity contribution is -0.143. The molecule has 2 amide bonds. The second-order valence-corrected chi connectivity index (χ2v) is 4.31. The number of urea groups is 1. The van der Waals surface area contributed by atoms with Gasteiger partial charge in [0.1, 0.15) is 17.1 Å². The van der Waals surface area contributed by atoms with Gasteiger partial charge in [0.25, 0.3) is 0 Å². The second-order valence-electron chi connectivity index (χ2n) is 4.31. The third-order valence-electron chi connectivity index (χ3n) is 2.79. The van der Waals surface area contributed by atoms with Crippen molar-refractivity contribution in [3.8, 4) is 0 Å². The Bertz CT molecular complexity index is 441. The van der Waals surface area contributed by atoms with Gasteiger partial charge in [-0.3, -0.25) is 0 Å². The normalized spacial score (nSPS) is 13.7. The van der Waals surface area contributed by atoms with Gasteiger partial charge in [0.2, 0.25) is 0 Å². The Morgan fingerprint density at radius 1 is 1.44 bits per heavy atom. The topological polar surface area (TPSA) is 91.6 Å². The lowest BCUT2D eigenvalue weighted by Gasteiger charge is -2.24. The molecular weight excluding hydrogens is 236 g/mol. The molecule has 0 spiro atoms. The van der Waals surface area contributed by atoms with Crippen molar-refractivity contribution in [3.63, 3.8) is 0 Å². The molecule has 6 nitrogen and oxygen atoms in total. The third-order valence-corrected chi connectivity index (χ3v) is 2.79. The van der Waals surface area contributed by atoms with E-state index < -0.39 is 17.5 Å². The maximum atomic E-state index is 11.6. The molecule has 0 saturated heterocycles. The number of carbonyl (C=O) groups excluding carboxylic acids is 1. The predicted octanol–water partition coefficient (Wildman–Crippen LogP) is 1.64. The monoisotopic (exact) mass is 254 g/mol. The summed E-state index contributed by atoms with van der Waals surface area (Å²) in [5.41, 5.74) is -1.26. The first-order valence-corrected chi connectivity index (χ1v) is 5.72. The SMILES string of the molecule is CCC(C)(NC(=O)NCc1ccc(C)o1)C(=O)O. The van der Waals surface area contributed by atoms with Crippen LogP contribution in [0.2, 0.25) is 0 Å². The largest absolute Gasteiger partial charge is 0.480 e. The number of furan rings is 1. The van der Waals surface area contributed by atoms with E-state index >= 15 is 0 Å². The predicted molar refractivity (Wildman–Crippen MR) is 65.1 cm³/mol. The van der Waals surface area contributed by atoms with E-state index in [-0.39, 0.29) is 6.54 Å². The summed E-state index contributed by atoms with van der Waals surface area (Å²) in [5, 5.41) is 14.0. The number of carboxylic acids is 1. The van der Waals surface area contributed by atoms with Crippen LogP contribution in [0.5, 0.6) is 0 Å². The van der Waals surface area contributed by atoms with Gasteiger partial charge in [-0.15, -0.1) is 0 Å². The quantitative estimate of drug-likeness (QED) is 0.744. The molecule has 1 aromatic heterocycles. The Balaban J connectivity index is 2.49. The summed E-state index contributed by atoms with van der Waals surface area (Å²) in [6.07, 6.45) is 0.301. The van der Waals surface area contributed by atoms with E-state index in [0.717, 1.165) is 5.76 Å². The molecule has 0 fully saturated rings. The van der Waals surface area contributed by atoms with Crippen LogP contribution in [0.1, 0.15) is 31.8 Å². The van der Waals surface area contributed by atoms with E-state index in [9.17, 15) is 9.59 Å². The number of amides is 2. The molecular formula is C12H18N2O4. The first kappa shape index (κ1) is 14.1. The Morgan fingerprint density at radius 2 is 2.11 bits per heavy atom. The fourth-order valence-electron chi connectivity index (χ4n) is 1.34. The zero-order valence-electron chi connectivity index (χ0n) is 10.7. The first-order chi connectivity index (χ1) is 8.37. The van der Waals surface area contributed by atoms with Crippen molar-refractivity contribution in [2.45, 2.75) is 39.3 Å². The number of hydrogen-bond acceptors (Lipinski definition) is 3. The molecule has 3 N–H and O–H groups in total. The molecule has 0 bridgehead atoms. The van der Waals surface area contributed by atoms with Crippen LogP contribution in [-0.4, -0.2) is 22.6 Å². The highest BCUT2D eigenvalue weighted by Gasteiger charge is 2.32. The van der Waals surface area contributed by atoms with Crippen LogP contribution in [-0.2, 0) is 11.3 Å². The average molecular weight is 254 g/mol. The van der Waals surface area contributed by atoms with Crippen LogP contribution >= 0.6 is 0 Å². The number of carbonyl (C=O) groups is 2. The van der Waals surface area contributed by atoms with Crippen molar-refractivity contribution in [1.82, 2.24) is 10.6 Å². The van der Waals surface area contributed by atoms with Crippen LogP contribution in [0.3, 0.4) is 0 Å². The summed E-state index contributed by atoms with van der Waals surface area (Å²) in [6, 6.07) is 3.02. The van der Waals surface area contributed by atoms with Crippen LogP contribution in [0.25, 0.3) is 0 Å². The van der Waals surface area contributed by atoms with Gasteiger partial charge < -0.3 is 20.2 Å². The average Bonchev–Trinajstić information content (AvgIpc) is 2.72. The molecule has 0 aliphatic heterocycles. The van der Waals surface area contributed by atoms with Crippen molar-refractivity contribution < 1.29 is 19.1 Å². The van der Waals surface area contributed by atoms with Crippen LogP contribution in [0, 0.1) is 6.92 Å². The van der Waals surface area contributed by atoms with E-state index in [1.807, 2.05) is 6.92 Å². The molecule has 0 aliphatic rings. The molecule has 0 aromatic carbocycles. The molecule has 1 unspecified atom stereocenters. The van der Waals surface area contributed by atoms with Crippen molar-refractivity contribution >= 4 is 12.0 Å². The summed E-state index contributed by atoms with van der Waals surface area (Å²) < 4.78 is 5.28. The maximum Gasteiger partial charge on any atom is 0.329 e. The standard InChI is InChI=1S/C12H18N2O4/c1-4-12(3,10(15)16)14-11(17)13-7-9-6-5-8(2)18-9/h5-6H,4,7H2,1-3H3,(H,15,16)(H2,13,14,17). The lowest BCUT2D eigenvalue weighted by Crippen LogP contribution is -2.54. The van der Waals surface area contributed by atoms with E-state index in [1.54, 1.807) is 19.1 Å². The van der Waals surface area contributed by atoms with Gasteiger partial charge in [0.15, 0.2) is 0 Å². The highest BCUT2D eigenvalue weighted by molar-refractivity contribution is 5.85. The number of aliphatic carboxylic acids is 1. The van der Waals surface area contributed by atoms with E-state index in [2.05, 4.69) is 10.6 Å². The molecule has 100 valence electrons. The Morgan fingerprint density at radius 3 is 2.56 bits per heavy atom. The van der Waals surface area contributed by atoms with Gasteiger partial charge in [-0.1, -0.05) is 6.92 Å². The van der Waals surface area contributed by atoms with Crippen molar-refractivity contribution in [1.29, 1.82) is 0 Å². The van der Waals surface area contributed by atoms with Gasteiger partial charge in [-0.05, 0) is 32.4 Å². The number of aryl methyl sites for hydroxylation is 1. The molecule has 1 aromatic rings. The molecule has 6 heteroatoms. The van der Waals surface area contributed by atoms with Gasteiger partial charge in [0, 0.05) is 0 Å². The lowest BCUT2D eigenvalue weighted by atomic mass is 10.00. The molecule has 1 atom stereocenters. The Kier molecular flexibility index (Phi) is 4.36. The van der Waals surface area contributed by atoms with Gasteiger partial charge in [-0.2, -0.15) is 0 Å². The zero-order chi connectivity index (χ0) is 13.8. The van der Waals surface area contributed by atoms with Crippen LogP contribution in [0.4, 0.5) is 4.79 Å². The molecule has 1 rings (SSSR count). The summed E-state index contributed by atoms with van der Waals surface area (Å²) in [6.45, 7) is 5.19. The minimum absolute atomic E-state index is 0.221. The number of nitrogens with one attached hydrogen (secondary N) is 2. The smallest absolute Gasteiger partial charge is 0.329 e. The summed E-state index contributed by atoms with van der Waals surface area (Å²) in [5.74, 6) is 0.321. The minimum Gasteiger partial charge on any atom is -0.480 e. The van der Waals surface area contributed by atoms with Gasteiger partial charge >= 0.3 is 12.0 Å². The second kappa shape index (κ2) is 5.57. The van der Waals surface area contributed by atoms with Crippen LogP contribution < -0.4 is 10.6 Å². The van der Waals surface area contributed by atoms with Crippen LogP contribution in [0.15, 0.2) is 16.5 Å². The highest BCUT2D eigenvalue weighted by Crippen LogP contribution is 2.09. The summed E-state index contributed by atoms with van der Waals surface area (Å²) in [7, 11) is 0. The molecule has 18 heavy (non-hydrogen) atoms. The fraction of sp³-hybridized carbons (Fsp3) is 0.500. The van der Waals surface area contributed by atoms with E-state index in [1.165, 1.54) is 6.92 Å². The maximum absolute atomic E-state index is 11.6.